The number of ether oxygens (including phenoxy) is 5. The molecule has 0 radical (unpaired) electrons. The molecule has 3 atom stereocenters. The number of benzene rings is 2. The van der Waals surface area contributed by atoms with Gasteiger partial charge in [-0.15, -0.1) is 0 Å². The summed E-state index contributed by atoms with van der Waals surface area (Å²) in [6.07, 6.45) is -1.07. The molecule has 2 aromatic rings. The molecule has 1 saturated heterocycles. The van der Waals surface area contributed by atoms with E-state index in [0.29, 0.717) is 18.8 Å². The van der Waals surface area contributed by atoms with Gasteiger partial charge in [0.25, 0.3) is 11.6 Å². The molecule has 0 aliphatic carbocycles. The van der Waals surface area contributed by atoms with Crippen molar-refractivity contribution in [3.05, 3.63) is 70.3 Å². The third kappa shape index (κ3) is 10.9. The van der Waals surface area contributed by atoms with Gasteiger partial charge >= 0.3 is 11.9 Å². The van der Waals surface area contributed by atoms with E-state index in [1.807, 2.05) is 30.3 Å². The Labute approximate surface area is 229 Å². The van der Waals surface area contributed by atoms with Crippen LogP contribution in [-0.2, 0) is 39.8 Å². The lowest BCUT2D eigenvalue weighted by atomic mass is 10.1. The molecule has 3 unspecified atom stereocenters. The van der Waals surface area contributed by atoms with Crippen LogP contribution in [0.15, 0.2) is 54.6 Å². The van der Waals surface area contributed by atoms with Crippen LogP contribution in [0, 0.1) is 10.1 Å². The highest BCUT2D eigenvalue weighted by Crippen LogP contribution is 2.17. The Morgan fingerprint density at radius 3 is 2.45 bits per heavy atom. The Bertz CT molecular complexity index is 1110. The van der Waals surface area contributed by atoms with E-state index in [2.05, 4.69) is 10.6 Å². The molecule has 14 nitrogen and oxygen atoms in total. The van der Waals surface area contributed by atoms with Crippen molar-refractivity contribution in [2.75, 3.05) is 46.1 Å². The monoisotopic (exact) mass is 561 g/mol. The minimum Gasteiger partial charge on any atom is -0.484 e. The standard InChI is InChI=1S/C26H31N3O11/c30-23(16-36-20-8-6-19(7-9-20)29(34)35)28-11-10-27-13-22(40-26(33)25(31)32)15-39-24-17-37-21(14-38-24)12-18-4-2-1-3-5-18/h1-9,21-22,24,27H,10-17H2,(H,28,30)(H,31,32). The second-order valence-electron chi connectivity index (χ2n) is 8.67. The summed E-state index contributed by atoms with van der Waals surface area (Å²) in [5.41, 5.74) is 1.03. The number of carbonyl (C=O) groups is 3. The molecule has 2 aromatic carbocycles. The Kier molecular flexibility index (Phi) is 12.2. The topological polar surface area (TPSA) is 185 Å². The van der Waals surface area contributed by atoms with Crippen LogP contribution in [0.25, 0.3) is 0 Å². The highest BCUT2D eigenvalue weighted by atomic mass is 16.7. The lowest BCUT2D eigenvalue weighted by molar-refractivity contribution is -0.384. The van der Waals surface area contributed by atoms with Crippen molar-refractivity contribution in [3.8, 4) is 5.75 Å². The van der Waals surface area contributed by atoms with Gasteiger partial charge in [0, 0.05) is 38.2 Å². The third-order valence-electron chi connectivity index (χ3n) is 5.57. The number of amides is 1. The van der Waals surface area contributed by atoms with Crippen molar-refractivity contribution in [3.63, 3.8) is 0 Å². The third-order valence-corrected chi connectivity index (χ3v) is 5.57. The number of non-ortho nitro benzene ring substituents is 1. The lowest BCUT2D eigenvalue weighted by Crippen LogP contribution is -2.43. The number of carbonyl (C=O) groups excluding carboxylic acids is 2. The fraction of sp³-hybridized carbons (Fsp3) is 0.423. The van der Waals surface area contributed by atoms with Gasteiger partial charge in [-0.3, -0.25) is 14.9 Å². The largest absolute Gasteiger partial charge is 0.484 e. The summed E-state index contributed by atoms with van der Waals surface area (Å²) in [5.74, 6) is -3.26. The van der Waals surface area contributed by atoms with Crippen LogP contribution in [0.2, 0.25) is 0 Å². The zero-order valence-electron chi connectivity index (χ0n) is 21.6. The van der Waals surface area contributed by atoms with Crippen molar-refractivity contribution in [2.45, 2.75) is 24.9 Å². The van der Waals surface area contributed by atoms with Crippen LogP contribution in [0.3, 0.4) is 0 Å². The smallest absolute Gasteiger partial charge is 0.417 e. The molecular weight excluding hydrogens is 530 g/mol. The molecule has 216 valence electrons. The predicted molar refractivity (Wildman–Crippen MR) is 138 cm³/mol. The van der Waals surface area contributed by atoms with Gasteiger partial charge in [-0.05, 0) is 17.7 Å². The fourth-order valence-corrected chi connectivity index (χ4v) is 3.58. The average Bonchev–Trinajstić information content (AvgIpc) is 2.95. The van der Waals surface area contributed by atoms with Gasteiger partial charge in [0.15, 0.2) is 12.9 Å². The molecule has 0 saturated carbocycles. The summed E-state index contributed by atoms with van der Waals surface area (Å²) in [4.78, 5) is 44.6. The summed E-state index contributed by atoms with van der Waals surface area (Å²) in [6, 6.07) is 15.2. The molecular formula is C26H31N3O11. The molecule has 1 amide bonds. The van der Waals surface area contributed by atoms with E-state index in [-0.39, 0.29) is 51.2 Å². The van der Waals surface area contributed by atoms with Crippen LogP contribution in [0.4, 0.5) is 5.69 Å². The number of hydrogen-bond acceptors (Lipinski definition) is 11. The van der Waals surface area contributed by atoms with Crippen LogP contribution < -0.4 is 15.4 Å². The number of nitro benzene ring substituents is 1. The Morgan fingerprint density at radius 2 is 1.80 bits per heavy atom. The van der Waals surface area contributed by atoms with Crippen LogP contribution in [-0.4, -0.2) is 92.4 Å². The summed E-state index contributed by atoms with van der Waals surface area (Å²) >= 11 is 0. The number of carboxylic acids is 1. The van der Waals surface area contributed by atoms with E-state index in [1.165, 1.54) is 24.3 Å². The summed E-state index contributed by atoms with van der Waals surface area (Å²) in [5, 5.41) is 25.1. The molecule has 1 aliphatic heterocycles. The van der Waals surface area contributed by atoms with Gasteiger partial charge < -0.3 is 39.4 Å². The lowest BCUT2D eigenvalue weighted by Gasteiger charge is -2.30. The zero-order chi connectivity index (χ0) is 28.7. The van der Waals surface area contributed by atoms with Gasteiger partial charge in [-0.1, -0.05) is 30.3 Å². The number of esters is 1. The fourth-order valence-electron chi connectivity index (χ4n) is 3.58. The molecule has 1 heterocycles. The molecule has 0 aromatic heterocycles. The number of hydrogen-bond donors (Lipinski definition) is 3. The van der Waals surface area contributed by atoms with E-state index in [9.17, 15) is 24.5 Å². The van der Waals surface area contributed by atoms with Crippen molar-refractivity contribution < 1.29 is 48.1 Å². The number of rotatable bonds is 15. The highest BCUT2D eigenvalue weighted by Gasteiger charge is 2.26. The molecule has 0 bridgehead atoms. The Morgan fingerprint density at radius 1 is 1.05 bits per heavy atom. The van der Waals surface area contributed by atoms with E-state index in [1.54, 1.807) is 0 Å². The Hall–Kier alpha value is -4.11. The van der Waals surface area contributed by atoms with Gasteiger partial charge in [0.05, 0.1) is 30.8 Å². The molecule has 1 fully saturated rings. The maximum Gasteiger partial charge on any atom is 0.417 e. The maximum absolute atomic E-state index is 12.0. The summed E-state index contributed by atoms with van der Waals surface area (Å²) < 4.78 is 27.4. The SMILES string of the molecule is O=C(COc1ccc([N+](=O)[O-])cc1)NCCNCC(COC1COC(Cc2ccccc2)CO1)OC(=O)C(=O)O. The maximum atomic E-state index is 12.0. The van der Waals surface area contributed by atoms with Crippen LogP contribution in [0.5, 0.6) is 5.75 Å². The normalized spacial score (nSPS) is 17.4. The number of nitrogens with zero attached hydrogens (tertiary/aromatic N) is 1. The van der Waals surface area contributed by atoms with Gasteiger partial charge in [0.1, 0.15) is 11.9 Å². The minimum absolute atomic E-state index is 0.0540. The minimum atomic E-state index is -1.73. The van der Waals surface area contributed by atoms with E-state index in [0.717, 1.165) is 5.56 Å². The van der Waals surface area contributed by atoms with Gasteiger partial charge in [-0.2, -0.15) is 0 Å². The average molecular weight is 562 g/mol. The number of nitrogens with one attached hydrogen (secondary N) is 2. The number of carboxylic acid groups (broad SMARTS) is 1. The highest BCUT2D eigenvalue weighted by molar-refractivity contribution is 6.28. The Balaban J connectivity index is 1.32. The van der Waals surface area contributed by atoms with E-state index < -0.39 is 35.2 Å². The molecule has 3 N–H and O–H groups in total. The second kappa shape index (κ2) is 16.1. The molecule has 14 heteroatoms. The van der Waals surface area contributed by atoms with Crippen molar-refractivity contribution in [1.29, 1.82) is 0 Å². The summed E-state index contributed by atoms with van der Waals surface area (Å²) in [6.45, 7) is 0.570. The van der Waals surface area contributed by atoms with Gasteiger partial charge in [-0.25, -0.2) is 9.59 Å². The van der Waals surface area contributed by atoms with Crippen LogP contribution >= 0.6 is 0 Å². The molecule has 40 heavy (non-hydrogen) atoms. The zero-order valence-corrected chi connectivity index (χ0v) is 21.6. The van der Waals surface area contributed by atoms with Crippen molar-refractivity contribution in [2.24, 2.45) is 0 Å². The first-order valence-electron chi connectivity index (χ1n) is 12.5. The van der Waals surface area contributed by atoms with Crippen molar-refractivity contribution in [1.82, 2.24) is 10.6 Å². The van der Waals surface area contributed by atoms with Gasteiger partial charge in [0.2, 0.25) is 0 Å². The molecule has 1 aliphatic rings. The van der Waals surface area contributed by atoms with E-state index >= 15 is 0 Å². The number of aliphatic carboxylic acids is 1. The first-order valence-corrected chi connectivity index (χ1v) is 12.5. The molecule has 0 spiro atoms. The second-order valence-corrected chi connectivity index (χ2v) is 8.67. The first-order chi connectivity index (χ1) is 19.3. The van der Waals surface area contributed by atoms with Crippen LogP contribution in [0.1, 0.15) is 5.56 Å². The quantitative estimate of drug-likeness (QED) is 0.0909. The van der Waals surface area contributed by atoms with Crippen molar-refractivity contribution >= 4 is 23.5 Å². The first kappa shape index (κ1) is 30.4. The molecule has 3 rings (SSSR count). The predicted octanol–water partition coefficient (Wildman–Crippen LogP) is 0.677. The summed E-state index contributed by atoms with van der Waals surface area (Å²) in [7, 11) is 0. The number of nitro groups is 1. The van der Waals surface area contributed by atoms with E-state index in [4.69, 9.17) is 28.8 Å².